The van der Waals surface area contributed by atoms with Crippen LogP contribution in [0.3, 0.4) is 0 Å². The van der Waals surface area contributed by atoms with E-state index in [-0.39, 0.29) is 17.3 Å². The highest BCUT2D eigenvalue weighted by molar-refractivity contribution is 5.94. The highest BCUT2D eigenvalue weighted by Crippen LogP contribution is 2.27. The van der Waals surface area contributed by atoms with Crippen LogP contribution in [0.4, 0.5) is 11.4 Å². The Bertz CT molecular complexity index is 524. The molecule has 1 amide bonds. The number of piperidine rings is 1. The zero-order valence-corrected chi connectivity index (χ0v) is 11.3. The average molecular weight is 278 g/mol. The Kier molecular flexibility index (Phi) is 4.19. The zero-order valence-electron chi connectivity index (χ0n) is 11.3. The molecule has 1 saturated heterocycles. The van der Waals surface area contributed by atoms with Crippen molar-refractivity contribution in [1.82, 2.24) is 4.90 Å². The van der Waals surface area contributed by atoms with E-state index < -0.39 is 10.8 Å². The molecule has 7 nitrogen and oxygen atoms in total. The molecule has 1 aliphatic heterocycles. The van der Waals surface area contributed by atoms with Crippen molar-refractivity contribution in [2.75, 3.05) is 25.5 Å². The fraction of sp³-hybridized carbons (Fsp3) is 0.462. The molecule has 1 heterocycles. The SMILES string of the molecule is CN1CCC(Nc2cc(C(N)=O)ccc2[N+](=O)[O-])CC1. The van der Waals surface area contributed by atoms with Crippen molar-refractivity contribution in [2.24, 2.45) is 5.73 Å². The van der Waals surface area contributed by atoms with Crippen LogP contribution in [0.2, 0.25) is 0 Å². The fourth-order valence-corrected chi connectivity index (χ4v) is 2.34. The average Bonchev–Trinajstić information content (AvgIpc) is 2.41. The van der Waals surface area contributed by atoms with Gasteiger partial charge in [-0.1, -0.05) is 0 Å². The van der Waals surface area contributed by atoms with Gasteiger partial charge in [0, 0.05) is 17.7 Å². The third kappa shape index (κ3) is 3.24. The van der Waals surface area contributed by atoms with E-state index >= 15 is 0 Å². The highest BCUT2D eigenvalue weighted by atomic mass is 16.6. The van der Waals surface area contributed by atoms with Gasteiger partial charge >= 0.3 is 0 Å². The van der Waals surface area contributed by atoms with Gasteiger partial charge in [-0.25, -0.2) is 0 Å². The number of hydrogen-bond acceptors (Lipinski definition) is 5. The molecule has 1 fully saturated rings. The number of nitrogens with zero attached hydrogens (tertiary/aromatic N) is 2. The van der Waals surface area contributed by atoms with Gasteiger partial charge in [-0.2, -0.15) is 0 Å². The van der Waals surface area contributed by atoms with E-state index in [4.69, 9.17) is 5.73 Å². The van der Waals surface area contributed by atoms with E-state index in [0.717, 1.165) is 25.9 Å². The van der Waals surface area contributed by atoms with Crippen molar-refractivity contribution in [3.63, 3.8) is 0 Å². The molecule has 1 aliphatic rings. The Balaban J connectivity index is 2.21. The minimum Gasteiger partial charge on any atom is -0.377 e. The van der Waals surface area contributed by atoms with Crippen molar-refractivity contribution >= 4 is 17.3 Å². The summed E-state index contributed by atoms with van der Waals surface area (Å²) in [6.07, 6.45) is 1.82. The summed E-state index contributed by atoms with van der Waals surface area (Å²) in [4.78, 5) is 24.0. The number of amides is 1. The molecule has 0 saturated carbocycles. The van der Waals surface area contributed by atoms with Gasteiger partial charge < -0.3 is 16.0 Å². The van der Waals surface area contributed by atoms with Gasteiger partial charge in [0.15, 0.2) is 0 Å². The lowest BCUT2D eigenvalue weighted by Crippen LogP contribution is -2.36. The molecule has 1 aromatic carbocycles. The van der Waals surface area contributed by atoms with Crippen molar-refractivity contribution < 1.29 is 9.72 Å². The summed E-state index contributed by atoms with van der Waals surface area (Å²) in [5.41, 5.74) is 5.81. The van der Waals surface area contributed by atoms with Crippen LogP contribution in [-0.4, -0.2) is 41.9 Å². The molecule has 7 heteroatoms. The molecule has 1 aromatic rings. The first-order valence-corrected chi connectivity index (χ1v) is 6.50. The summed E-state index contributed by atoms with van der Waals surface area (Å²) in [5, 5.41) is 14.2. The molecule has 108 valence electrons. The lowest BCUT2D eigenvalue weighted by atomic mass is 10.0. The molecular weight excluding hydrogens is 260 g/mol. The predicted octanol–water partition coefficient (Wildman–Crippen LogP) is 1.20. The maximum atomic E-state index is 11.2. The number of carbonyl (C=O) groups is 1. The molecule has 0 radical (unpaired) electrons. The quantitative estimate of drug-likeness (QED) is 0.636. The Morgan fingerprint density at radius 2 is 2.10 bits per heavy atom. The van der Waals surface area contributed by atoms with Crippen LogP contribution in [0.25, 0.3) is 0 Å². The van der Waals surface area contributed by atoms with Gasteiger partial charge in [0.05, 0.1) is 4.92 Å². The number of primary amides is 1. The Morgan fingerprint density at radius 3 is 2.65 bits per heavy atom. The molecular formula is C13H18N4O3. The fourth-order valence-electron chi connectivity index (χ4n) is 2.34. The normalized spacial score (nSPS) is 16.9. The second-order valence-corrected chi connectivity index (χ2v) is 5.08. The summed E-state index contributed by atoms with van der Waals surface area (Å²) >= 11 is 0. The van der Waals surface area contributed by atoms with Crippen molar-refractivity contribution in [1.29, 1.82) is 0 Å². The van der Waals surface area contributed by atoms with Crippen LogP contribution in [0.15, 0.2) is 18.2 Å². The minimum absolute atomic E-state index is 0.0334. The number of likely N-dealkylation sites (tertiary alicyclic amines) is 1. The Labute approximate surface area is 116 Å². The van der Waals surface area contributed by atoms with Crippen LogP contribution in [-0.2, 0) is 0 Å². The monoisotopic (exact) mass is 278 g/mol. The summed E-state index contributed by atoms with van der Waals surface area (Å²) in [7, 11) is 2.05. The highest BCUT2D eigenvalue weighted by Gasteiger charge is 2.21. The summed E-state index contributed by atoms with van der Waals surface area (Å²) in [6.45, 7) is 1.89. The number of benzene rings is 1. The number of nitrogens with two attached hydrogens (primary N) is 1. The molecule has 2 rings (SSSR count). The maximum Gasteiger partial charge on any atom is 0.292 e. The maximum absolute atomic E-state index is 11.2. The van der Waals surface area contributed by atoms with Crippen LogP contribution >= 0.6 is 0 Å². The number of carbonyl (C=O) groups excluding carboxylic acids is 1. The number of nitro groups is 1. The number of nitrogens with one attached hydrogen (secondary N) is 1. The van der Waals surface area contributed by atoms with Crippen LogP contribution < -0.4 is 11.1 Å². The lowest BCUT2D eigenvalue weighted by molar-refractivity contribution is -0.384. The summed E-state index contributed by atoms with van der Waals surface area (Å²) in [6, 6.07) is 4.32. The Morgan fingerprint density at radius 1 is 1.45 bits per heavy atom. The van der Waals surface area contributed by atoms with Crippen molar-refractivity contribution in [3.05, 3.63) is 33.9 Å². The molecule has 0 unspecified atom stereocenters. The topological polar surface area (TPSA) is 102 Å². The van der Waals surface area contributed by atoms with E-state index in [0.29, 0.717) is 5.69 Å². The lowest BCUT2D eigenvalue weighted by Gasteiger charge is -2.30. The van der Waals surface area contributed by atoms with Gasteiger partial charge in [0.1, 0.15) is 5.69 Å². The van der Waals surface area contributed by atoms with Gasteiger partial charge in [0.25, 0.3) is 5.69 Å². The smallest absolute Gasteiger partial charge is 0.292 e. The van der Waals surface area contributed by atoms with E-state index in [1.807, 2.05) is 7.05 Å². The predicted molar refractivity (Wildman–Crippen MR) is 75.8 cm³/mol. The summed E-state index contributed by atoms with van der Waals surface area (Å²) in [5.74, 6) is -0.591. The number of nitro benzene ring substituents is 1. The largest absolute Gasteiger partial charge is 0.377 e. The molecule has 0 spiro atoms. The molecule has 0 aromatic heterocycles. The number of rotatable bonds is 4. The third-order valence-corrected chi connectivity index (χ3v) is 3.56. The van der Waals surface area contributed by atoms with E-state index in [1.54, 1.807) is 0 Å². The van der Waals surface area contributed by atoms with Gasteiger partial charge in [-0.05, 0) is 45.1 Å². The summed E-state index contributed by atoms with van der Waals surface area (Å²) < 4.78 is 0. The van der Waals surface area contributed by atoms with E-state index in [1.165, 1.54) is 18.2 Å². The van der Waals surface area contributed by atoms with E-state index in [9.17, 15) is 14.9 Å². The van der Waals surface area contributed by atoms with Gasteiger partial charge in [0.2, 0.25) is 5.91 Å². The molecule has 0 aliphatic carbocycles. The number of anilines is 1. The number of hydrogen-bond donors (Lipinski definition) is 2. The van der Waals surface area contributed by atoms with E-state index in [2.05, 4.69) is 10.2 Å². The standard InChI is InChI=1S/C13H18N4O3/c1-16-6-4-10(5-7-16)15-11-8-9(13(14)18)2-3-12(11)17(19)20/h2-3,8,10,15H,4-7H2,1H3,(H2,14,18). The first-order chi connectivity index (χ1) is 9.47. The van der Waals surface area contributed by atoms with Crippen LogP contribution in [0, 0.1) is 10.1 Å². The first-order valence-electron chi connectivity index (χ1n) is 6.50. The first kappa shape index (κ1) is 14.3. The molecule has 0 bridgehead atoms. The van der Waals surface area contributed by atoms with Gasteiger partial charge in [-0.3, -0.25) is 14.9 Å². The van der Waals surface area contributed by atoms with Gasteiger partial charge in [-0.15, -0.1) is 0 Å². The third-order valence-electron chi connectivity index (χ3n) is 3.56. The molecule has 20 heavy (non-hydrogen) atoms. The van der Waals surface area contributed by atoms with Crippen molar-refractivity contribution in [3.8, 4) is 0 Å². The minimum atomic E-state index is -0.591. The zero-order chi connectivity index (χ0) is 14.7. The molecule has 0 atom stereocenters. The van der Waals surface area contributed by atoms with Crippen LogP contribution in [0.1, 0.15) is 23.2 Å². The second kappa shape index (κ2) is 5.87. The van der Waals surface area contributed by atoms with Crippen molar-refractivity contribution in [2.45, 2.75) is 18.9 Å². The molecule has 3 N–H and O–H groups in total. The second-order valence-electron chi connectivity index (χ2n) is 5.08. The van der Waals surface area contributed by atoms with Crippen LogP contribution in [0.5, 0.6) is 0 Å². The Hall–Kier alpha value is -2.15.